The number of nitrogens with one attached hydrogen (secondary N) is 1. The van der Waals surface area contributed by atoms with Crippen LogP contribution in [0.3, 0.4) is 0 Å². The standard InChI is InChI=1S/C16H26N2O/c1-13-5-4-6-14(11-13)7-8-15(19)18-12-16(2,3)9-10-17/h4-6,11H,7-10,12,17H2,1-3H3,(H,18,19). The highest BCUT2D eigenvalue weighted by atomic mass is 16.1. The molecule has 0 spiro atoms. The first-order valence-electron chi connectivity index (χ1n) is 6.95. The molecule has 0 aliphatic carbocycles. The fourth-order valence-electron chi connectivity index (χ4n) is 2.03. The van der Waals surface area contributed by atoms with Crippen molar-refractivity contribution in [3.63, 3.8) is 0 Å². The summed E-state index contributed by atoms with van der Waals surface area (Å²) in [5.74, 6) is 0.117. The van der Waals surface area contributed by atoms with Crippen molar-refractivity contribution in [1.82, 2.24) is 5.32 Å². The van der Waals surface area contributed by atoms with Gasteiger partial charge in [-0.2, -0.15) is 0 Å². The number of nitrogens with two attached hydrogens (primary N) is 1. The van der Waals surface area contributed by atoms with Gasteiger partial charge in [-0.3, -0.25) is 4.79 Å². The summed E-state index contributed by atoms with van der Waals surface area (Å²) >= 11 is 0. The van der Waals surface area contributed by atoms with Crippen LogP contribution in [0.2, 0.25) is 0 Å². The summed E-state index contributed by atoms with van der Waals surface area (Å²) < 4.78 is 0. The van der Waals surface area contributed by atoms with E-state index in [-0.39, 0.29) is 11.3 Å². The average Bonchev–Trinajstić information content (AvgIpc) is 2.34. The van der Waals surface area contributed by atoms with E-state index < -0.39 is 0 Å². The summed E-state index contributed by atoms with van der Waals surface area (Å²) in [7, 11) is 0. The third-order valence-corrected chi connectivity index (χ3v) is 3.31. The second-order valence-corrected chi connectivity index (χ2v) is 5.97. The Morgan fingerprint density at radius 3 is 2.74 bits per heavy atom. The predicted octanol–water partition coefficient (Wildman–Crippen LogP) is 2.42. The Balaban J connectivity index is 2.32. The smallest absolute Gasteiger partial charge is 0.220 e. The Labute approximate surface area is 116 Å². The fourth-order valence-corrected chi connectivity index (χ4v) is 2.03. The van der Waals surface area contributed by atoms with Crippen molar-refractivity contribution in [2.75, 3.05) is 13.1 Å². The van der Waals surface area contributed by atoms with Gasteiger partial charge in [-0.1, -0.05) is 43.7 Å². The quantitative estimate of drug-likeness (QED) is 0.793. The zero-order chi connectivity index (χ0) is 14.3. The highest BCUT2D eigenvalue weighted by Crippen LogP contribution is 2.17. The van der Waals surface area contributed by atoms with Crippen molar-refractivity contribution in [1.29, 1.82) is 0 Å². The van der Waals surface area contributed by atoms with Gasteiger partial charge in [0.15, 0.2) is 0 Å². The predicted molar refractivity (Wildman–Crippen MR) is 80.0 cm³/mol. The third-order valence-electron chi connectivity index (χ3n) is 3.31. The molecule has 0 unspecified atom stereocenters. The Morgan fingerprint density at radius 1 is 1.37 bits per heavy atom. The van der Waals surface area contributed by atoms with Crippen molar-refractivity contribution in [2.24, 2.45) is 11.1 Å². The molecule has 106 valence electrons. The van der Waals surface area contributed by atoms with E-state index in [0.717, 1.165) is 12.8 Å². The van der Waals surface area contributed by atoms with Gasteiger partial charge >= 0.3 is 0 Å². The number of rotatable bonds is 7. The molecule has 0 fully saturated rings. The number of carbonyl (C=O) groups is 1. The lowest BCUT2D eigenvalue weighted by atomic mass is 9.89. The van der Waals surface area contributed by atoms with E-state index in [0.29, 0.717) is 19.5 Å². The van der Waals surface area contributed by atoms with Crippen LogP contribution in [0.15, 0.2) is 24.3 Å². The molecule has 19 heavy (non-hydrogen) atoms. The van der Waals surface area contributed by atoms with Gasteiger partial charge in [0.2, 0.25) is 5.91 Å². The molecule has 1 aromatic carbocycles. The summed E-state index contributed by atoms with van der Waals surface area (Å²) in [5.41, 5.74) is 8.09. The summed E-state index contributed by atoms with van der Waals surface area (Å²) in [5, 5.41) is 3.00. The van der Waals surface area contributed by atoms with Crippen LogP contribution >= 0.6 is 0 Å². The molecule has 1 amide bonds. The zero-order valence-corrected chi connectivity index (χ0v) is 12.3. The molecule has 3 heteroatoms. The van der Waals surface area contributed by atoms with E-state index in [1.807, 2.05) is 6.07 Å². The topological polar surface area (TPSA) is 55.1 Å². The highest BCUT2D eigenvalue weighted by molar-refractivity contribution is 5.76. The van der Waals surface area contributed by atoms with Crippen LogP contribution in [-0.2, 0) is 11.2 Å². The lowest BCUT2D eigenvalue weighted by Crippen LogP contribution is -2.35. The lowest BCUT2D eigenvalue weighted by Gasteiger charge is -2.24. The van der Waals surface area contributed by atoms with Crippen LogP contribution < -0.4 is 11.1 Å². The van der Waals surface area contributed by atoms with Gasteiger partial charge in [0.25, 0.3) is 0 Å². The molecule has 0 saturated heterocycles. The number of carbonyl (C=O) groups excluding carboxylic acids is 1. The molecule has 1 rings (SSSR count). The first-order chi connectivity index (χ1) is 8.93. The number of aryl methyl sites for hydroxylation is 2. The largest absolute Gasteiger partial charge is 0.356 e. The minimum atomic E-state index is 0.0771. The van der Waals surface area contributed by atoms with Crippen molar-refractivity contribution in [3.05, 3.63) is 35.4 Å². The summed E-state index contributed by atoms with van der Waals surface area (Å²) in [6.07, 6.45) is 2.26. The Hall–Kier alpha value is -1.35. The van der Waals surface area contributed by atoms with Gasteiger partial charge in [0, 0.05) is 13.0 Å². The molecular weight excluding hydrogens is 236 g/mol. The number of amides is 1. The molecule has 3 N–H and O–H groups in total. The lowest BCUT2D eigenvalue weighted by molar-refractivity contribution is -0.121. The Bertz CT molecular complexity index is 413. The normalized spacial score (nSPS) is 11.4. The van der Waals surface area contributed by atoms with Crippen molar-refractivity contribution in [3.8, 4) is 0 Å². The van der Waals surface area contributed by atoms with Crippen LogP contribution in [0.25, 0.3) is 0 Å². The number of hydrogen-bond acceptors (Lipinski definition) is 2. The van der Waals surface area contributed by atoms with Gasteiger partial charge in [0.05, 0.1) is 0 Å². The van der Waals surface area contributed by atoms with E-state index in [9.17, 15) is 4.79 Å². The SMILES string of the molecule is Cc1cccc(CCC(=O)NCC(C)(C)CCN)c1. The van der Waals surface area contributed by atoms with Crippen LogP contribution in [0.4, 0.5) is 0 Å². The second kappa shape index (κ2) is 7.29. The zero-order valence-electron chi connectivity index (χ0n) is 12.3. The molecule has 0 aromatic heterocycles. The Kier molecular flexibility index (Phi) is 6.03. The van der Waals surface area contributed by atoms with E-state index in [2.05, 4.69) is 44.3 Å². The first kappa shape index (κ1) is 15.7. The van der Waals surface area contributed by atoms with Crippen LogP contribution in [-0.4, -0.2) is 19.0 Å². The third kappa shape index (κ3) is 6.39. The average molecular weight is 262 g/mol. The van der Waals surface area contributed by atoms with Gasteiger partial charge in [0.1, 0.15) is 0 Å². The minimum Gasteiger partial charge on any atom is -0.356 e. The van der Waals surface area contributed by atoms with E-state index in [1.54, 1.807) is 0 Å². The monoisotopic (exact) mass is 262 g/mol. The molecule has 0 aliphatic heterocycles. The Morgan fingerprint density at radius 2 is 2.11 bits per heavy atom. The summed E-state index contributed by atoms with van der Waals surface area (Å²) in [6.45, 7) is 7.67. The molecule has 0 aliphatic rings. The molecule has 1 aromatic rings. The summed E-state index contributed by atoms with van der Waals surface area (Å²) in [4.78, 5) is 11.8. The first-order valence-corrected chi connectivity index (χ1v) is 6.95. The molecular formula is C16H26N2O. The van der Waals surface area contributed by atoms with Crippen LogP contribution in [0.5, 0.6) is 0 Å². The van der Waals surface area contributed by atoms with Gasteiger partial charge < -0.3 is 11.1 Å². The summed E-state index contributed by atoms with van der Waals surface area (Å²) in [6, 6.07) is 8.30. The van der Waals surface area contributed by atoms with Gasteiger partial charge in [-0.25, -0.2) is 0 Å². The maximum atomic E-state index is 11.8. The van der Waals surface area contributed by atoms with E-state index >= 15 is 0 Å². The second-order valence-electron chi connectivity index (χ2n) is 5.97. The molecule has 0 bridgehead atoms. The van der Waals surface area contributed by atoms with Crippen molar-refractivity contribution in [2.45, 2.75) is 40.0 Å². The van der Waals surface area contributed by atoms with Crippen molar-refractivity contribution < 1.29 is 4.79 Å². The van der Waals surface area contributed by atoms with Crippen LogP contribution in [0, 0.1) is 12.3 Å². The molecule has 0 radical (unpaired) electrons. The van der Waals surface area contributed by atoms with Crippen LogP contribution in [0.1, 0.15) is 37.8 Å². The minimum absolute atomic E-state index is 0.0771. The molecule has 0 saturated carbocycles. The molecule has 0 heterocycles. The van der Waals surface area contributed by atoms with Gasteiger partial charge in [-0.15, -0.1) is 0 Å². The molecule has 0 atom stereocenters. The molecule has 3 nitrogen and oxygen atoms in total. The van der Waals surface area contributed by atoms with E-state index in [4.69, 9.17) is 5.73 Å². The van der Waals surface area contributed by atoms with Crippen molar-refractivity contribution >= 4 is 5.91 Å². The fraction of sp³-hybridized carbons (Fsp3) is 0.562. The maximum absolute atomic E-state index is 11.8. The maximum Gasteiger partial charge on any atom is 0.220 e. The number of benzene rings is 1. The van der Waals surface area contributed by atoms with Gasteiger partial charge in [-0.05, 0) is 37.3 Å². The highest BCUT2D eigenvalue weighted by Gasteiger charge is 2.17. The number of hydrogen-bond donors (Lipinski definition) is 2. The van der Waals surface area contributed by atoms with E-state index in [1.165, 1.54) is 11.1 Å².